The molecule has 22 heavy (non-hydrogen) atoms. The second kappa shape index (κ2) is 10.6. The van der Waals surface area contributed by atoms with E-state index < -0.39 is 8.56 Å². The highest BCUT2D eigenvalue weighted by Crippen LogP contribution is 2.15. The maximum Gasteiger partial charge on any atom is 0.334 e. The Balaban J connectivity index is 2.30. The highest BCUT2D eigenvalue weighted by molar-refractivity contribution is 6.65. The van der Waals surface area contributed by atoms with Gasteiger partial charge in [-0.1, -0.05) is 36.9 Å². The van der Waals surface area contributed by atoms with Crippen LogP contribution in [0.25, 0.3) is 0 Å². The van der Waals surface area contributed by atoms with Crippen LogP contribution in [0.3, 0.4) is 0 Å². The van der Waals surface area contributed by atoms with E-state index >= 15 is 0 Å². The van der Waals surface area contributed by atoms with Crippen LogP contribution in [0.15, 0.2) is 43.1 Å². The van der Waals surface area contributed by atoms with Gasteiger partial charge in [0.2, 0.25) is 0 Å². The highest BCUT2D eigenvalue weighted by atomic mass is 28.4. The quantitative estimate of drug-likeness (QED) is 0.474. The molecule has 0 radical (unpaired) electrons. The Morgan fingerprint density at radius 3 is 2.59 bits per heavy atom. The summed E-state index contributed by atoms with van der Waals surface area (Å²) in [5, 5.41) is 0. The third-order valence-electron chi connectivity index (χ3n) is 3.75. The molecule has 0 bridgehead atoms. The fourth-order valence-corrected chi connectivity index (χ4v) is 4.15. The Morgan fingerprint density at radius 2 is 2.00 bits per heavy atom. The Labute approximate surface area is 136 Å². The fraction of sp³-hybridized carbons (Fsp3) is 0.529. The van der Waals surface area contributed by atoms with Crippen LogP contribution in [0, 0.1) is 0 Å². The molecule has 4 nitrogen and oxygen atoms in total. The second-order valence-electron chi connectivity index (χ2n) is 5.57. The van der Waals surface area contributed by atoms with Crippen LogP contribution in [-0.2, 0) is 15.4 Å². The lowest BCUT2D eigenvalue weighted by atomic mass is 10.2. The van der Waals surface area contributed by atoms with Crippen molar-refractivity contribution in [3.05, 3.63) is 48.7 Å². The number of hydrogen-bond donors (Lipinski definition) is 1. The van der Waals surface area contributed by atoms with E-state index in [1.165, 1.54) is 5.56 Å². The molecule has 1 atom stereocenters. The molecular weight excluding hydrogens is 292 g/mol. The molecule has 0 aliphatic carbocycles. The van der Waals surface area contributed by atoms with Gasteiger partial charge in [-0.05, 0) is 43.7 Å². The average molecular weight is 323 g/mol. The Hall–Kier alpha value is -1.14. The summed E-state index contributed by atoms with van der Waals surface area (Å²) < 4.78 is 11.6. The van der Waals surface area contributed by atoms with Crippen molar-refractivity contribution in [2.45, 2.75) is 32.0 Å². The Bertz CT molecular complexity index is 416. The third kappa shape index (κ3) is 7.22. The Kier molecular flexibility index (Phi) is 9.08. The van der Waals surface area contributed by atoms with Gasteiger partial charge in [0.1, 0.15) is 0 Å². The predicted octanol–water partition coefficient (Wildman–Crippen LogP) is 3.11. The predicted molar refractivity (Wildman–Crippen MR) is 94.7 cm³/mol. The molecule has 2 N–H and O–H groups in total. The average Bonchev–Trinajstić information content (AvgIpc) is 2.56. The van der Waals surface area contributed by atoms with Crippen LogP contribution in [0.1, 0.15) is 18.4 Å². The molecule has 124 valence electrons. The standard InChI is InChI=1S/C17H30N2O2Si/c1-4-19(16-17-10-6-5-7-11-17)13-9-14-21-22(3,20-2)15-8-12-18/h4-7,10-11H,1,8-9,12-16,18H2,2-3H3. The van der Waals surface area contributed by atoms with E-state index in [4.69, 9.17) is 14.6 Å². The molecule has 0 saturated carbocycles. The zero-order valence-electron chi connectivity index (χ0n) is 14.0. The van der Waals surface area contributed by atoms with E-state index in [2.05, 4.69) is 42.3 Å². The van der Waals surface area contributed by atoms with Crippen LogP contribution in [0.4, 0.5) is 0 Å². The van der Waals surface area contributed by atoms with Crippen molar-refractivity contribution in [3.8, 4) is 0 Å². The first-order valence-corrected chi connectivity index (χ1v) is 10.5. The van der Waals surface area contributed by atoms with Crippen molar-refractivity contribution < 1.29 is 8.85 Å². The molecule has 0 spiro atoms. The number of hydrogen-bond acceptors (Lipinski definition) is 4. The van der Waals surface area contributed by atoms with Crippen LogP contribution in [0.5, 0.6) is 0 Å². The molecule has 1 unspecified atom stereocenters. The van der Waals surface area contributed by atoms with Gasteiger partial charge in [0.15, 0.2) is 0 Å². The van der Waals surface area contributed by atoms with Gasteiger partial charge in [0, 0.05) is 26.8 Å². The van der Waals surface area contributed by atoms with Crippen molar-refractivity contribution in [2.24, 2.45) is 5.73 Å². The van der Waals surface area contributed by atoms with E-state index in [0.29, 0.717) is 6.54 Å². The van der Waals surface area contributed by atoms with Crippen LogP contribution < -0.4 is 5.73 Å². The molecule has 0 amide bonds. The van der Waals surface area contributed by atoms with E-state index in [0.717, 1.165) is 38.6 Å². The smallest absolute Gasteiger partial charge is 0.334 e. The van der Waals surface area contributed by atoms with Gasteiger partial charge in [-0.3, -0.25) is 0 Å². The minimum atomic E-state index is -2.03. The van der Waals surface area contributed by atoms with Crippen molar-refractivity contribution in [3.63, 3.8) is 0 Å². The summed E-state index contributed by atoms with van der Waals surface area (Å²) in [6.45, 7) is 9.24. The van der Waals surface area contributed by atoms with E-state index in [-0.39, 0.29) is 0 Å². The molecule has 1 rings (SSSR count). The monoisotopic (exact) mass is 322 g/mol. The summed E-state index contributed by atoms with van der Waals surface area (Å²) in [6.07, 6.45) is 3.82. The first-order chi connectivity index (χ1) is 10.6. The van der Waals surface area contributed by atoms with Crippen molar-refractivity contribution >= 4 is 8.56 Å². The summed E-state index contributed by atoms with van der Waals surface area (Å²) in [4.78, 5) is 2.21. The summed E-state index contributed by atoms with van der Waals surface area (Å²) in [7, 11) is -0.281. The summed E-state index contributed by atoms with van der Waals surface area (Å²) in [5.74, 6) is 0. The minimum absolute atomic E-state index is 0.691. The van der Waals surface area contributed by atoms with Crippen LogP contribution in [0.2, 0.25) is 12.6 Å². The van der Waals surface area contributed by atoms with Crippen molar-refractivity contribution in [1.29, 1.82) is 0 Å². The van der Waals surface area contributed by atoms with Crippen molar-refractivity contribution in [1.82, 2.24) is 4.90 Å². The second-order valence-corrected chi connectivity index (χ2v) is 9.04. The maximum absolute atomic E-state index is 6.03. The molecule has 1 aromatic rings. The molecule has 0 aliphatic rings. The third-order valence-corrected chi connectivity index (χ3v) is 6.69. The molecule has 5 heteroatoms. The number of benzene rings is 1. The zero-order chi connectivity index (χ0) is 16.3. The molecule has 0 saturated heterocycles. The number of nitrogens with two attached hydrogens (primary N) is 1. The van der Waals surface area contributed by atoms with Crippen LogP contribution >= 0.6 is 0 Å². The van der Waals surface area contributed by atoms with Gasteiger partial charge < -0.3 is 19.5 Å². The fourth-order valence-electron chi connectivity index (χ4n) is 2.26. The molecule has 0 aliphatic heterocycles. The SMILES string of the molecule is C=CN(CCCO[Si](C)(CCCN)OC)Cc1ccccc1. The molecule has 1 aromatic carbocycles. The molecule has 0 fully saturated rings. The molecular formula is C17H30N2O2Si. The summed E-state index contributed by atoms with van der Waals surface area (Å²) >= 11 is 0. The first-order valence-electron chi connectivity index (χ1n) is 7.93. The van der Waals surface area contributed by atoms with Gasteiger partial charge >= 0.3 is 8.56 Å². The molecule has 0 heterocycles. The first kappa shape index (κ1) is 18.9. The van der Waals surface area contributed by atoms with Crippen LogP contribution in [-0.4, -0.2) is 40.3 Å². The van der Waals surface area contributed by atoms with E-state index in [1.807, 2.05) is 12.3 Å². The summed E-state index contributed by atoms with van der Waals surface area (Å²) in [5.41, 5.74) is 6.86. The Morgan fingerprint density at radius 1 is 1.27 bits per heavy atom. The lowest BCUT2D eigenvalue weighted by molar-refractivity contribution is 0.192. The number of rotatable bonds is 12. The molecule has 0 aromatic heterocycles. The highest BCUT2D eigenvalue weighted by Gasteiger charge is 2.29. The van der Waals surface area contributed by atoms with Crippen molar-refractivity contribution in [2.75, 3.05) is 26.8 Å². The van der Waals surface area contributed by atoms with Gasteiger partial charge in [-0.25, -0.2) is 0 Å². The lowest BCUT2D eigenvalue weighted by Crippen LogP contribution is -2.38. The zero-order valence-corrected chi connectivity index (χ0v) is 15.0. The van der Waals surface area contributed by atoms with Gasteiger partial charge in [0.05, 0.1) is 0 Å². The largest absolute Gasteiger partial charge is 0.398 e. The van der Waals surface area contributed by atoms with E-state index in [1.54, 1.807) is 7.11 Å². The van der Waals surface area contributed by atoms with Gasteiger partial charge in [-0.15, -0.1) is 0 Å². The van der Waals surface area contributed by atoms with Gasteiger partial charge in [-0.2, -0.15) is 0 Å². The topological polar surface area (TPSA) is 47.7 Å². The van der Waals surface area contributed by atoms with Gasteiger partial charge in [0.25, 0.3) is 0 Å². The van der Waals surface area contributed by atoms with E-state index in [9.17, 15) is 0 Å². The lowest BCUT2D eigenvalue weighted by Gasteiger charge is -2.26. The minimum Gasteiger partial charge on any atom is -0.398 e. The maximum atomic E-state index is 6.03. The summed E-state index contributed by atoms with van der Waals surface area (Å²) in [6, 6.07) is 11.4. The normalized spacial score (nSPS) is 13.6. The number of nitrogens with zero attached hydrogens (tertiary/aromatic N) is 1.